The van der Waals surface area contributed by atoms with E-state index in [1.54, 1.807) is 0 Å². The Morgan fingerprint density at radius 2 is 1.95 bits per heavy atom. The van der Waals surface area contributed by atoms with Gasteiger partial charge in [-0.25, -0.2) is 0 Å². The summed E-state index contributed by atoms with van der Waals surface area (Å²) in [7, 11) is 2.07. The second kappa shape index (κ2) is 6.13. The topological polar surface area (TPSA) is 55.8 Å². The highest BCUT2D eigenvalue weighted by Crippen LogP contribution is 2.31. The predicted molar refractivity (Wildman–Crippen MR) is 81.6 cm³/mol. The number of carboxylic acids is 1. The first-order valence-electron chi connectivity index (χ1n) is 7.03. The lowest BCUT2D eigenvalue weighted by Gasteiger charge is -2.38. The average Bonchev–Trinajstić information content (AvgIpc) is 2.40. The van der Waals surface area contributed by atoms with Gasteiger partial charge in [0.2, 0.25) is 0 Å². The molecular formula is C15H23N3O2. The van der Waals surface area contributed by atoms with Gasteiger partial charge in [0.05, 0.1) is 11.4 Å². The zero-order valence-corrected chi connectivity index (χ0v) is 12.3. The number of nitrogens with zero attached hydrogens (tertiary/aromatic N) is 2. The van der Waals surface area contributed by atoms with Crippen LogP contribution in [0.25, 0.3) is 0 Å². The van der Waals surface area contributed by atoms with Crippen LogP contribution in [0.1, 0.15) is 13.8 Å². The number of hydrogen-bond donors (Lipinski definition) is 2. The standard InChI is InChI=1S/C15H23N3O2/c1-11(2)16-12(15(19)20)10-18-9-8-17(3)13-6-4-5-7-14(13)18/h4-7,11-12,16H,8-10H2,1-3H3,(H,19,20). The van der Waals surface area contributed by atoms with Crippen molar-refractivity contribution in [3.05, 3.63) is 24.3 Å². The highest BCUT2D eigenvalue weighted by Gasteiger charge is 2.26. The van der Waals surface area contributed by atoms with Crippen LogP contribution >= 0.6 is 0 Å². The van der Waals surface area contributed by atoms with Crippen molar-refractivity contribution in [2.75, 3.05) is 36.5 Å². The molecule has 5 nitrogen and oxygen atoms in total. The number of rotatable bonds is 5. The third kappa shape index (κ3) is 3.22. The van der Waals surface area contributed by atoms with E-state index >= 15 is 0 Å². The summed E-state index contributed by atoms with van der Waals surface area (Å²) in [6.07, 6.45) is 0. The van der Waals surface area contributed by atoms with Crippen molar-refractivity contribution in [1.82, 2.24) is 5.32 Å². The van der Waals surface area contributed by atoms with Crippen molar-refractivity contribution in [3.63, 3.8) is 0 Å². The minimum absolute atomic E-state index is 0.152. The van der Waals surface area contributed by atoms with Gasteiger partial charge < -0.3 is 20.2 Å². The fourth-order valence-electron chi connectivity index (χ4n) is 2.58. The number of carbonyl (C=O) groups is 1. The zero-order chi connectivity index (χ0) is 14.7. The number of benzene rings is 1. The summed E-state index contributed by atoms with van der Waals surface area (Å²) >= 11 is 0. The van der Waals surface area contributed by atoms with Gasteiger partial charge in [0.25, 0.3) is 0 Å². The molecule has 2 rings (SSSR count). The van der Waals surface area contributed by atoms with Crippen molar-refractivity contribution in [3.8, 4) is 0 Å². The highest BCUT2D eigenvalue weighted by molar-refractivity contribution is 5.77. The second-order valence-corrected chi connectivity index (χ2v) is 5.57. The van der Waals surface area contributed by atoms with Crippen LogP contribution in [0.2, 0.25) is 0 Å². The largest absolute Gasteiger partial charge is 0.480 e. The van der Waals surface area contributed by atoms with E-state index in [0.717, 1.165) is 24.5 Å². The van der Waals surface area contributed by atoms with Crippen LogP contribution in [-0.2, 0) is 4.79 Å². The van der Waals surface area contributed by atoms with Crippen LogP contribution in [-0.4, -0.2) is 49.8 Å². The van der Waals surface area contributed by atoms with Gasteiger partial charge in [0.1, 0.15) is 6.04 Å². The SMILES string of the molecule is CC(C)NC(CN1CCN(C)c2ccccc21)C(=O)O. The number of para-hydroxylation sites is 2. The summed E-state index contributed by atoms with van der Waals surface area (Å²) in [5.74, 6) is -0.796. The van der Waals surface area contributed by atoms with Crippen LogP contribution in [0.5, 0.6) is 0 Å². The minimum Gasteiger partial charge on any atom is -0.480 e. The van der Waals surface area contributed by atoms with E-state index in [1.165, 1.54) is 0 Å². The predicted octanol–water partition coefficient (Wildman–Crippen LogP) is 1.39. The molecule has 0 radical (unpaired) electrons. The van der Waals surface area contributed by atoms with Crippen LogP contribution in [0.3, 0.4) is 0 Å². The summed E-state index contributed by atoms with van der Waals surface area (Å²) in [5.41, 5.74) is 2.27. The molecule has 110 valence electrons. The average molecular weight is 277 g/mol. The summed E-state index contributed by atoms with van der Waals surface area (Å²) < 4.78 is 0. The molecule has 5 heteroatoms. The quantitative estimate of drug-likeness (QED) is 0.852. The summed E-state index contributed by atoms with van der Waals surface area (Å²) in [4.78, 5) is 15.7. The molecule has 0 amide bonds. The number of anilines is 2. The first-order valence-corrected chi connectivity index (χ1v) is 7.03. The lowest BCUT2D eigenvalue weighted by molar-refractivity contribution is -0.139. The van der Waals surface area contributed by atoms with Gasteiger partial charge in [-0.05, 0) is 12.1 Å². The monoisotopic (exact) mass is 277 g/mol. The number of likely N-dealkylation sites (N-methyl/N-ethyl adjacent to an activating group) is 1. The molecule has 1 aliphatic heterocycles. The Balaban J connectivity index is 2.17. The van der Waals surface area contributed by atoms with E-state index in [1.807, 2.05) is 26.0 Å². The molecule has 1 aromatic rings. The van der Waals surface area contributed by atoms with Crippen molar-refractivity contribution < 1.29 is 9.90 Å². The molecule has 0 saturated heterocycles. The van der Waals surface area contributed by atoms with Gasteiger partial charge in [0.15, 0.2) is 0 Å². The van der Waals surface area contributed by atoms with Crippen LogP contribution in [0, 0.1) is 0 Å². The fourth-order valence-corrected chi connectivity index (χ4v) is 2.58. The van der Waals surface area contributed by atoms with Gasteiger partial charge in [0, 0.05) is 32.7 Å². The molecule has 1 atom stereocenters. The van der Waals surface area contributed by atoms with E-state index < -0.39 is 12.0 Å². The molecule has 1 unspecified atom stereocenters. The van der Waals surface area contributed by atoms with Crippen LogP contribution < -0.4 is 15.1 Å². The molecule has 0 bridgehead atoms. The van der Waals surface area contributed by atoms with E-state index in [2.05, 4.69) is 34.3 Å². The van der Waals surface area contributed by atoms with Crippen molar-refractivity contribution in [1.29, 1.82) is 0 Å². The van der Waals surface area contributed by atoms with Crippen molar-refractivity contribution >= 4 is 17.3 Å². The van der Waals surface area contributed by atoms with E-state index in [-0.39, 0.29) is 6.04 Å². The molecule has 0 fully saturated rings. The fraction of sp³-hybridized carbons (Fsp3) is 0.533. The second-order valence-electron chi connectivity index (χ2n) is 5.57. The molecule has 2 N–H and O–H groups in total. The van der Waals surface area contributed by atoms with Crippen molar-refractivity contribution in [2.24, 2.45) is 0 Å². The van der Waals surface area contributed by atoms with Gasteiger partial charge >= 0.3 is 5.97 Å². The number of fused-ring (bicyclic) bond motifs is 1. The Bertz CT molecular complexity index is 476. The normalized spacial score (nSPS) is 16.2. The van der Waals surface area contributed by atoms with E-state index in [4.69, 9.17) is 0 Å². The van der Waals surface area contributed by atoms with Gasteiger partial charge in [-0.2, -0.15) is 0 Å². The summed E-state index contributed by atoms with van der Waals surface area (Å²) in [6.45, 7) is 6.17. The minimum atomic E-state index is -0.796. The Labute approximate surface area is 120 Å². The summed E-state index contributed by atoms with van der Waals surface area (Å²) in [6, 6.07) is 7.74. The zero-order valence-electron chi connectivity index (χ0n) is 12.3. The maximum absolute atomic E-state index is 11.4. The van der Waals surface area contributed by atoms with Crippen LogP contribution in [0.15, 0.2) is 24.3 Å². The highest BCUT2D eigenvalue weighted by atomic mass is 16.4. The number of nitrogens with one attached hydrogen (secondary N) is 1. The van der Waals surface area contributed by atoms with Gasteiger partial charge in [-0.1, -0.05) is 26.0 Å². The lowest BCUT2D eigenvalue weighted by atomic mass is 10.1. The van der Waals surface area contributed by atoms with Crippen molar-refractivity contribution in [2.45, 2.75) is 25.9 Å². The van der Waals surface area contributed by atoms with Crippen LogP contribution in [0.4, 0.5) is 11.4 Å². The Kier molecular flexibility index (Phi) is 4.49. The molecule has 1 aromatic carbocycles. The first-order chi connectivity index (χ1) is 9.49. The Morgan fingerprint density at radius 1 is 1.30 bits per heavy atom. The molecule has 0 aromatic heterocycles. The molecule has 0 saturated carbocycles. The number of carboxylic acid groups (broad SMARTS) is 1. The molecule has 0 spiro atoms. The van der Waals surface area contributed by atoms with Gasteiger partial charge in [-0.15, -0.1) is 0 Å². The maximum atomic E-state index is 11.4. The maximum Gasteiger partial charge on any atom is 0.322 e. The summed E-state index contributed by atoms with van der Waals surface area (Å²) in [5, 5.41) is 12.5. The van der Waals surface area contributed by atoms with Gasteiger partial charge in [-0.3, -0.25) is 4.79 Å². The molecule has 1 aliphatic rings. The smallest absolute Gasteiger partial charge is 0.322 e. The lowest BCUT2D eigenvalue weighted by Crippen LogP contribution is -2.51. The molecule has 0 aliphatic carbocycles. The Hall–Kier alpha value is -1.75. The van der Waals surface area contributed by atoms with E-state index in [0.29, 0.717) is 6.54 Å². The molecular weight excluding hydrogens is 254 g/mol. The number of aliphatic carboxylic acids is 1. The molecule has 1 heterocycles. The third-order valence-corrected chi connectivity index (χ3v) is 3.57. The van der Waals surface area contributed by atoms with E-state index in [9.17, 15) is 9.90 Å². The first kappa shape index (κ1) is 14.7. The third-order valence-electron chi connectivity index (χ3n) is 3.57. The molecule has 20 heavy (non-hydrogen) atoms. The Morgan fingerprint density at radius 3 is 2.55 bits per heavy atom. The number of hydrogen-bond acceptors (Lipinski definition) is 4.